The minimum absolute atomic E-state index is 0.433. The normalized spacial score (nSPS) is 16.4. The topological polar surface area (TPSA) is 49.0 Å². The van der Waals surface area contributed by atoms with Gasteiger partial charge in [0.25, 0.3) is 0 Å². The van der Waals surface area contributed by atoms with Crippen molar-refractivity contribution in [2.24, 2.45) is 0 Å². The lowest BCUT2D eigenvalue weighted by Gasteiger charge is -2.15. The van der Waals surface area contributed by atoms with Crippen molar-refractivity contribution in [3.63, 3.8) is 0 Å². The van der Waals surface area contributed by atoms with Gasteiger partial charge in [-0.1, -0.05) is 42.5 Å². The fourth-order valence-corrected chi connectivity index (χ4v) is 2.70. The van der Waals surface area contributed by atoms with Crippen LogP contribution in [0.3, 0.4) is 0 Å². The summed E-state index contributed by atoms with van der Waals surface area (Å²) in [6, 6.07) is 13.3. The van der Waals surface area contributed by atoms with E-state index in [0.29, 0.717) is 6.04 Å². The first-order valence-corrected chi connectivity index (χ1v) is 8.81. The number of hydrogen-bond donors (Lipinski definition) is 3. The maximum atomic E-state index is 4.13. The summed E-state index contributed by atoms with van der Waals surface area (Å²) in [5.41, 5.74) is 5.09. The van der Waals surface area contributed by atoms with Crippen LogP contribution in [-0.2, 0) is 19.6 Å². The lowest BCUT2D eigenvalue weighted by Crippen LogP contribution is -2.24. The average Bonchev–Trinajstić information content (AvgIpc) is 2.66. The molecule has 1 aromatic carbocycles. The Bertz CT molecular complexity index is 704. The van der Waals surface area contributed by atoms with Gasteiger partial charge in [0.1, 0.15) is 0 Å². The number of aromatic nitrogens is 1. The van der Waals surface area contributed by atoms with E-state index in [-0.39, 0.29) is 0 Å². The second-order valence-electron chi connectivity index (χ2n) is 6.42. The Kier molecular flexibility index (Phi) is 6.37. The van der Waals surface area contributed by atoms with Crippen LogP contribution in [0.15, 0.2) is 72.7 Å². The van der Waals surface area contributed by atoms with Crippen LogP contribution in [-0.4, -0.2) is 17.6 Å². The number of benzene rings is 1. The molecule has 1 atom stereocenters. The van der Waals surface area contributed by atoms with Crippen LogP contribution in [0, 0.1) is 0 Å². The van der Waals surface area contributed by atoms with E-state index in [2.05, 4.69) is 76.5 Å². The minimum atomic E-state index is 0.433. The Hall–Kier alpha value is -2.43. The number of rotatable bonds is 8. The van der Waals surface area contributed by atoms with Gasteiger partial charge in [0.05, 0.1) is 0 Å². The molecule has 130 valence electrons. The van der Waals surface area contributed by atoms with Crippen LogP contribution in [0.4, 0.5) is 0 Å². The molecule has 0 amide bonds. The molecule has 25 heavy (non-hydrogen) atoms. The first-order valence-electron chi connectivity index (χ1n) is 8.81. The molecule has 0 aliphatic carbocycles. The summed E-state index contributed by atoms with van der Waals surface area (Å²) in [7, 11) is 0. The SMILES string of the molecule is CC1C=CC(CNCc2ccc(CNCc3cccnc3)cc2)=CN1. The van der Waals surface area contributed by atoms with Crippen LogP contribution in [0.1, 0.15) is 23.6 Å². The van der Waals surface area contributed by atoms with E-state index in [0.717, 1.165) is 26.2 Å². The maximum absolute atomic E-state index is 4.13. The summed E-state index contributed by atoms with van der Waals surface area (Å²) < 4.78 is 0. The van der Waals surface area contributed by atoms with Gasteiger partial charge in [0.15, 0.2) is 0 Å². The highest BCUT2D eigenvalue weighted by Gasteiger charge is 2.02. The van der Waals surface area contributed by atoms with Gasteiger partial charge >= 0.3 is 0 Å². The van der Waals surface area contributed by atoms with E-state index in [9.17, 15) is 0 Å². The predicted molar refractivity (Wildman–Crippen MR) is 103 cm³/mol. The molecular formula is C21H26N4. The Balaban J connectivity index is 1.38. The Labute approximate surface area is 150 Å². The predicted octanol–water partition coefficient (Wildman–Crippen LogP) is 2.89. The van der Waals surface area contributed by atoms with Crippen LogP contribution in [0.25, 0.3) is 0 Å². The molecule has 4 nitrogen and oxygen atoms in total. The van der Waals surface area contributed by atoms with Gasteiger partial charge in [-0.3, -0.25) is 4.98 Å². The van der Waals surface area contributed by atoms with Gasteiger partial charge in [-0.2, -0.15) is 0 Å². The van der Waals surface area contributed by atoms with Crippen molar-refractivity contribution in [3.05, 3.63) is 89.4 Å². The molecular weight excluding hydrogens is 308 g/mol. The largest absolute Gasteiger partial charge is 0.385 e. The van der Waals surface area contributed by atoms with Crippen molar-refractivity contribution in [2.45, 2.75) is 32.6 Å². The lowest BCUT2D eigenvalue weighted by atomic mass is 10.1. The molecule has 1 aliphatic rings. The van der Waals surface area contributed by atoms with Crippen LogP contribution >= 0.6 is 0 Å². The summed E-state index contributed by atoms with van der Waals surface area (Å²) in [4.78, 5) is 4.13. The molecule has 4 heteroatoms. The van der Waals surface area contributed by atoms with Crippen LogP contribution in [0.5, 0.6) is 0 Å². The van der Waals surface area contributed by atoms with Crippen molar-refractivity contribution in [3.8, 4) is 0 Å². The van der Waals surface area contributed by atoms with Crippen molar-refractivity contribution < 1.29 is 0 Å². The van der Waals surface area contributed by atoms with Crippen molar-refractivity contribution in [2.75, 3.05) is 6.54 Å². The molecule has 1 aliphatic heterocycles. The van der Waals surface area contributed by atoms with Gasteiger partial charge in [-0.15, -0.1) is 0 Å². The van der Waals surface area contributed by atoms with Gasteiger partial charge in [-0.25, -0.2) is 0 Å². The average molecular weight is 334 g/mol. The molecule has 1 unspecified atom stereocenters. The molecule has 3 N–H and O–H groups in total. The van der Waals surface area contributed by atoms with E-state index in [1.54, 1.807) is 6.20 Å². The number of pyridine rings is 1. The molecule has 2 aromatic rings. The zero-order valence-corrected chi connectivity index (χ0v) is 14.7. The quantitative estimate of drug-likeness (QED) is 0.695. The van der Waals surface area contributed by atoms with Gasteiger partial charge in [0.2, 0.25) is 0 Å². The molecule has 0 fully saturated rings. The van der Waals surface area contributed by atoms with Crippen molar-refractivity contribution in [1.82, 2.24) is 20.9 Å². The fourth-order valence-electron chi connectivity index (χ4n) is 2.70. The molecule has 0 bridgehead atoms. The second kappa shape index (κ2) is 9.16. The third-order valence-corrected chi connectivity index (χ3v) is 4.19. The molecule has 0 saturated carbocycles. The Morgan fingerprint density at radius 3 is 2.20 bits per heavy atom. The summed E-state index contributed by atoms with van der Waals surface area (Å²) in [5.74, 6) is 0. The van der Waals surface area contributed by atoms with E-state index in [1.807, 2.05) is 12.3 Å². The smallest absolute Gasteiger partial charge is 0.0413 e. The molecule has 0 saturated heterocycles. The fraction of sp³-hybridized carbons (Fsp3) is 0.286. The minimum Gasteiger partial charge on any atom is -0.385 e. The highest BCUT2D eigenvalue weighted by atomic mass is 14.9. The molecule has 1 aromatic heterocycles. The highest BCUT2D eigenvalue weighted by molar-refractivity contribution is 5.26. The summed E-state index contributed by atoms with van der Waals surface area (Å²) in [5, 5.41) is 10.3. The van der Waals surface area contributed by atoms with E-state index in [4.69, 9.17) is 0 Å². The summed E-state index contributed by atoms with van der Waals surface area (Å²) >= 11 is 0. The Morgan fingerprint density at radius 2 is 1.60 bits per heavy atom. The maximum Gasteiger partial charge on any atom is 0.0413 e. The third-order valence-electron chi connectivity index (χ3n) is 4.19. The summed E-state index contributed by atoms with van der Waals surface area (Å²) in [6.07, 6.45) is 10.2. The number of dihydropyridines is 1. The first kappa shape index (κ1) is 17.4. The van der Waals surface area contributed by atoms with Crippen molar-refractivity contribution in [1.29, 1.82) is 0 Å². The zero-order valence-electron chi connectivity index (χ0n) is 14.7. The number of nitrogens with one attached hydrogen (secondary N) is 3. The number of hydrogen-bond acceptors (Lipinski definition) is 4. The second-order valence-corrected chi connectivity index (χ2v) is 6.42. The van der Waals surface area contributed by atoms with Crippen LogP contribution < -0.4 is 16.0 Å². The van der Waals surface area contributed by atoms with Gasteiger partial charge in [-0.05, 0) is 35.3 Å². The van der Waals surface area contributed by atoms with E-state index < -0.39 is 0 Å². The zero-order chi connectivity index (χ0) is 17.3. The third kappa shape index (κ3) is 5.85. The van der Waals surface area contributed by atoms with Crippen LogP contribution in [0.2, 0.25) is 0 Å². The van der Waals surface area contributed by atoms with E-state index in [1.165, 1.54) is 22.3 Å². The molecule has 2 heterocycles. The number of nitrogens with zero attached hydrogens (tertiary/aromatic N) is 1. The Morgan fingerprint density at radius 1 is 0.920 bits per heavy atom. The first-order chi connectivity index (χ1) is 12.3. The van der Waals surface area contributed by atoms with Gasteiger partial charge in [0, 0.05) is 50.8 Å². The monoisotopic (exact) mass is 334 g/mol. The molecule has 3 rings (SSSR count). The summed E-state index contributed by atoms with van der Waals surface area (Å²) in [6.45, 7) is 5.61. The molecule has 0 radical (unpaired) electrons. The van der Waals surface area contributed by atoms with Crippen molar-refractivity contribution >= 4 is 0 Å². The van der Waals surface area contributed by atoms with E-state index >= 15 is 0 Å². The highest BCUT2D eigenvalue weighted by Crippen LogP contribution is 2.06. The molecule has 0 spiro atoms. The lowest BCUT2D eigenvalue weighted by molar-refractivity contribution is 0.689. The standard InChI is InChI=1S/C21H26N4/c1-17-4-5-21(16-25-17)15-24-12-19-8-6-18(7-9-19)11-23-14-20-3-2-10-22-13-20/h2-10,13,16-17,23-25H,11-12,14-15H2,1H3. The van der Waals surface area contributed by atoms with Gasteiger partial charge < -0.3 is 16.0 Å².